The zero-order valence-electron chi connectivity index (χ0n) is 16.6. The number of carbonyl (C=O) groups is 3. The molecule has 0 saturated heterocycles. The average Bonchev–Trinajstić information content (AvgIpc) is 3.18. The molecular formula is C22H27N3O4. The quantitative estimate of drug-likeness (QED) is 0.635. The summed E-state index contributed by atoms with van der Waals surface area (Å²) in [6, 6.07) is 7.95. The van der Waals surface area contributed by atoms with E-state index in [1.165, 1.54) is 0 Å². The fourth-order valence-corrected chi connectivity index (χ4v) is 3.91. The first kappa shape index (κ1) is 20.8. The average molecular weight is 397 g/mol. The Labute approximate surface area is 169 Å². The number of nitrogens with zero attached hydrogens (tertiary/aromatic N) is 1. The van der Waals surface area contributed by atoms with E-state index in [0.29, 0.717) is 30.3 Å². The molecule has 1 fully saturated rings. The van der Waals surface area contributed by atoms with E-state index in [2.05, 4.69) is 15.6 Å². The zero-order chi connectivity index (χ0) is 20.8. The largest absolute Gasteiger partial charge is 0.481 e. The molecule has 1 aromatic carbocycles. The van der Waals surface area contributed by atoms with Crippen molar-refractivity contribution in [2.45, 2.75) is 57.5 Å². The van der Waals surface area contributed by atoms with Crippen molar-refractivity contribution >= 4 is 28.7 Å². The first-order valence-corrected chi connectivity index (χ1v) is 10.2. The van der Waals surface area contributed by atoms with Crippen LogP contribution in [0, 0.1) is 5.92 Å². The van der Waals surface area contributed by atoms with Gasteiger partial charge in [-0.25, -0.2) is 0 Å². The minimum atomic E-state index is -0.885. The minimum Gasteiger partial charge on any atom is -0.481 e. The number of aliphatic carboxylic acids is 1. The molecule has 0 aliphatic heterocycles. The van der Waals surface area contributed by atoms with Crippen LogP contribution in [0.1, 0.15) is 55.8 Å². The summed E-state index contributed by atoms with van der Waals surface area (Å²) >= 11 is 0. The number of amides is 2. The molecule has 0 radical (unpaired) electrons. The molecule has 1 saturated carbocycles. The number of benzene rings is 1. The van der Waals surface area contributed by atoms with Gasteiger partial charge in [0.25, 0.3) is 5.91 Å². The van der Waals surface area contributed by atoms with E-state index < -0.39 is 17.9 Å². The van der Waals surface area contributed by atoms with Gasteiger partial charge in [0.15, 0.2) is 0 Å². The Balaban J connectivity index is 1.75. The number of hydrogen-bond donors (Lipinski definition) is 3. The normalized spacial score (nSPS) is 19.6. The maximum atomic E-state index is 12.9. The van der Waals surface area contributed by atoms with Crippen LogP contribution in [0.15, 0.2) is 36.5 Å². The van der Waals surface area contributed by atoms with E-state index >= 15 is 0 Å². The number of carboxylic acids is 1. The van der Waals surface area contributed by atoms with Crippen LogP contribution in [-0.2, 0) is 9.59 Å². The molecule has 0 unspecified atom stereocenters. The highest BCUT2D eigenvalue weighted by atomic mass is 16.4. The summed E-state index contributed by atoms with van der Waals surface area (Å²) in [5.74, 6) is -2.13. The molecule has 2 aromatic rings. The number of pyridine rings is 1. The Hall–Kier alpha value is -2.96. The number of nitrogens with one attached hydrogen (secondary N) is 2. The van der Waals surface area contributed by atoms with Crippen LogP contribution in [0.5, 0.6) is 0 Å². The highest BCUT2D eigenvalue weighted by Gasteiger charge is 2.35. The lowest BCUT2D eigenvalue weighted by atomic mass is 10.0. The van der Waals surface area contributed by atoms with Gasteiger partial charge in [0, 0.05) is 17.6 Å². The molecule has 29 heavy (non-hydrogen) atoms. The second kappa shape index (κ2) is 9.49. The number of carbonyl (C=O) groups excluding carboxylic acids is 2. The predicted octanol–water partition coefficient (Wildman–Crippen LogP) is 2.89. The van der Waals surface area contributed by atoms with Gasteiger partial charge < -0.3 is 15.7 Å². The molecule has 1 aliphatic carbocycles. The summed E-state index contributed by atoms with van der Waals surface area (Å²) in [4.78, 5) is 41.5. The predicted molar refractivity (Wildman–Crippen MR) is 109 cm³/mol. The third kappa shape index (κ3) is 4.91. The van der Waals surface area contributed by atoms with Gasteiger partial charge in [0.2, 0.25) is 5.91 Å². The number of hydrogen-bond acceptors (Lipinski definition) is 4. The van der Waals surface area contributed by atoms with Crippen LogP contribution in [0.4, 0.5) is 0 Å². The van der Waals surface area contributed by atoms with Crippen molar-refractivity contribution < 1.29 is 19.5 Å². The number of aromatic nitrogens is 1. The maximum Gasteiger partial charge on any atom is 0.308 e. The van der Waals surface area contributed by atoms with E-state index in [4.69, 9.17) is 0 Å². The van der Waals surface area contributed by atoms with Gasteiger partial charge in [-0.05, 0) is 31.4 Å². The standard InChI is InChI=1S/C22H27N3O4/c1-2-3-11-18(21(27)24-17-12-5-9-15(17)22(28)29)25-20(26)16-10-4-7-14-8-6-13-23-19(14)16/h4,6-8,10,13,15,17-18H,2-3,5,9,11-12H2,1H3,(H,24,27)(H,25,26)(H,28,29)/t15-,17+,18+/m1/s1. The van der Waals surface area contributed by atoms with Crippen LogP contribution < -0.4 is 10.6 Å². The third-order valence-corrected chi connectivity index (χ3v) is 5.51. The van der Waals surface area contributed by atoms with E-state index in [0.717, 1.165) is 24.6 Å². The van der Waals surface area contributed by atoms with Crippen LogP contribution in [-0.4, -0.2) is 40.0 Å². The lowest BCUT2D eigenvalue weighted by Crippen LogP contribution is -2.51. The maximum absolute atomic E-state index is 12.9. The Morgan fingerprint density at radius 1 is 1.21 bits per heavy atom. The number of para-hydroxylation sites is 1. The second-order valence-corrected chi connectivity index (χ2v) is 7.54. The van der Waals surface area contributed by atoms with E-state index in [9.17, 15) is 19.5 Å². The van der Waals surface area contributed by atoms with Crippen molar-refractivity contribution in [2.75, 3.05) is 0 Å². The Kier molecular flexibility index (Phi) is 6.80. The monoisotopic (exact) mass is 397 g/mol. The smallest absolute Gasteiger partial charge is 0.308 e. The van der Waals surface area contributed by atoms with Gasteiger partial charge >= 0.3 is 5.97 Å². The molecule has 3 rings (SSSR count). The molecule has 0 spiro atoms. The first-order valence-electron chi connectivity index (χ1n) is 10.2. The SMILES string of the molecule is CCCC[C@H](NC(=O)c1cccc2cccnc12)C(=O)N[C@H]1CCC[C@H]1C(=O)O. The molecule has 7 nitrogen and oxygen atoms in total. The summed E-state index contributed by atoms with van der Waals surface area (Å²) in [6.07, 6.45) is 5.77. The number of carboxylic acid groups (broad SMARTS) is 1. The van der Waals surface area contributed by atoms with E-state index in [1.807, 2.05) is 25.1 Å². The molecule has 0 bridgehead atoms. The number of unbranched alkanes of at least 4 members (excludes halogenated alkanes) is 1. The molecule has 7 heteroatoms. The molecule has 154 valence electrons. The highest BCUT2D eigenvalue weighted by molar-refractivity contribution is 6.06. The van der Waals surface area contributed by atoms with Gasteiger partial charge in [0.05, 0.1) is 17.0 Å². The van der Waals surface area contributed by atoms with Crippen LogP contribution in [0.25, 0.3) is 10.9 Å². The molecule has 3 atom stereocenters. The highest BCUT2D eigenvalue weighted by Crippen LogP contribution is 2.26. The fraction of sp³-hybridized carbons (Fsp3) is 0.455. The fourth-order valence-electron chi connectivity index (χ4n) is 3.91. The van der Waals surface area contributed by atoms with Crippen molar-refractivity contribution in [3.63, 3.8) is 0 Å². The topological polar surface area (TPSA) is 108 Å². The Morgan fingerprint density at radius 3 is 2.76 bits per heavy atom. The number of rotatable bonds is 8. The summed E-state index contributed by atoms with van der Waals surface area (Å²) in [6.45, 7) is 2.02. The molecule has 1 aliphatic rings. The van der Waals surface area contributed by atoms with Crippen molar-refractivity contribution in [2.24, 2.45) is 5.92 Å². The van der Waals surface area contributed by atoms with E-state index in [1.54, 1.807) is 18.3 Å². The summed E-state index contributed by atoms with van der Waals surface area (Å²) in [7, 11) is 0. The summed E-state index contributed by atoms with van der Waals surface area (Å²) in [5, 5.41) is 15.9. The molecular weight excluding hydrogens is 370 g/mol. The van der Waals surface area contributed by atoms with Gasteiger partial charge in [-0.3, -0.25) is 19.4 Å². The lowest BCUT2D eigenvalue weighted by Gasteiger charge is -2.23. The second-order valence-electron chi connectivity index (χ2n) is 7.54. The Bertz CT molecular complexity index is 893. The van der Waals surface area contributed by atoms with Crippen LogP contribution in [0.3, 0.4) is 0 Å². The Morgan fingerprint density at radius 2 is 2.00 bits per heavy atom. The molecule has 3 N–H and O–H groups in total. The van der Waals surface area contributed by atoms with Crippen molar-refractivity contribution in [1.29, 1.82) is 0 Å². The minimum absolute atomic E-state index is 0.321. The van der Waals surface area contributed by atoms with Crippen LogP contribution in [0.2, 0.25) is 0 Å². The number of fused-ring (bicyclic) bond motifs is 1. The first-order chi connectivity index (χ1) is 14.0. The summed E-state index contributed by atoms with van der Waals surface area (Å²) in [5.41, 5.74) is 1.01. The van der Waals surface area contributed by atoms with Gasteiger partial charge in [-0.2, -0.15) is 0 Å². The van der Waals surface area contributed by atoms with Crippen molar-refractivity contribution in [1.82, 2.24) is 15.6 Å². The summed E-state index contributed by atoms with van der Waals surface area (Å²) < 4.78 is 0. The zero-order valence-corrected chi connectivity index (χ0v) is 16.6. The van der Waals surface area contributed by atoms with Crippen LogP contribution >= 0.6 is 0 Å². The lowest BCUT2D eigenvalue weighted by molar-refractivity contribution is -0.142. The van der Waals surface area contributed by atoms with Crippen molar-refractivity contribution in [3.8, 4) is 0 Å². The van der Waals surface area contributed by atoms with Crippen molar-refractivity contribution in [3.05, 3.63) is 42.1 Å². The molecule has 2 amide bonds. The van der Waals surface area contributed by atoms with E-state index in [-0.39, 0.29) is 17.9 Å². The van der Waals surface area contributed by atoms with Gasteiger partial charge in [0.1, 0.15) is 6.04 Å². The van der Waals surface area contributed by atoms with Gasteiger partial charge in [-0.1, -0.05) is 44.4 Å². The van der Waals surface area contributed by atoms with Gasteiger partial charge in [-0.15, -0.1) is 0 Å². The molecule has 1 heterocycles. The molecule has 1 aromatic heterocycles. The third-order valence-electron chi connectivity index (χ3n) is 5.51.